The minimum Gasteiger partial charge on any atom is -0.326 e. The van der Waals surface area contributed by atoms with Crippen molar-refractivity contribution >= 4 is 35.1 Å². The van der Waals surface area contributed by atoms with Crippen LogP contribution in [0.1, 0.15) is 33.2 Å². The minimum atomic E-state index is -0.675. The fourth-order valence-corrected chi connectivity index (χ4v) is 2.36. The first kappa shape index (κ1) is 21.4. The second kappa shape index (κ2) is 9.85. The summed E-state index contributed by atoms with van der Waals surface area (Å²) in [5.74, 6) is -1.23. The molecule has 0 atom stereocenters. The minimum absolute atomic E-state index is 0.192. The number of hydrazine groups is 2. The van der Waals surface area contributed by atoms with Crippen molar-refractivity contribution in [2.45, 2.75) is 13.8 Å². The number of urea groups is 1. The Morgan fingerprint density at radius 1 is 0.793 bits per heavy atom. The highest BCUT2D eigenvalue weighted by atomic mass is 16.2. The highest BCUT2D eigenvalue weighted by molar-refractivity contribution is 6.00. The van der Waals surface area contributed by atoms with Crippen LogP contribution in [0.5, 0.6) is 0 Å². The van der Waals surface area contributed by atoms with E-state index in [0.29, 0.717) is 11.4 Å². The third kappa shape index (κ3) is 6.33. The molecule has 0 aliphatic rings. The van der Waals surface area contributed by atoms with Gasteiger partial charge in [0.05, 0.1) is 0 Å². The maximum Gasteiger partial charge on any atom is 0.337 e. The SMILES string of the molecule is CNNC(=O)c1cccc(C(=O)NNC(=O)Nc2cc(NC(C)=O)ccc2C)c1. The van der Waals surface area contributed by atoms with Crippen molar-refractivity contribution in [3.63, 3.8) is 0 Å². The Morgan fingerprint density at radius 2 is 1.45 bits per heavy atom. The Hall–Kier alpha value is -3.92. The van der Waals surface area contributed by atoms with E-state index in [1.807, 2.05) is 0 Å². The molecule has 29 heavy (non-hydrogen) atoms. The normalized spacial score (nSPS) is 9.90. The van der Waals surface area contributed by atoms with Crippen LogP contribution >= 0.6 is 0 Å². The van der Waals surface area contributed by atoms with E-state index in [2.05, 4.69) is 32.3 Å². The first-order valence-corrected chi connectivity index (χ1v) is 8.63. The molecule has 2 aromatic rings. The van der Waals surface area contributed by atoms with Crippen molar-refractivity contribution in [2.75, 3.05) is 17.7 Å². The second-order valence-corrected chi connectivity index (χ2v) is 6.03. The van der Waals surface area contributed by atoms with Gasteiger partial charge in [-0.2, -0.15) is 0 Å². The molecule has 0 aromatic heterocycles. The van der Waals surface area contributed by atoms with Gasteiger partial charge >= 0.3 is 6.03 Å². The van der Waals surface area contributed by atoms with Gasteiger partial charge in [-0.15, -0.1) is 0 Å². The number of hydrogen-bond donors (Lipinski definition) is 6. The van der Waals surface area contributed by atoms with Crippen molar-refractivity contribution < 1.29 is 19.2 Å². The molecule has 5 amide bonds. The highest BCUT2D eigenvalue weighted by Gasteiger charge is 2.12. The Balaban J connectivity index is 1.97. The van der Waals surface area contributed by atoms with E-state index >= 15 is 0 Å². The van der Waals surface area contributed by atoms with E-state index in [1.54, 1.807) is 44.3 Å². The van der Waals surface area contributed by atoms with Gasteiger partial charge in [0.25, 0.3) is 11.8 Å². The predicted octanol–water partition coefficient (Wildman–Crippen LogP) is 1.28. The van der Waals surface area contributed by atoms with Crippen LogP contribution in [0, 0.1) is 6.92 Å². The number of nitrogens with one attached hydrogen (secondary N) is 6. The van der Waals surface area contributed by atoms with Crippen LogP contribution in [0.15, 0.2) is 42.5 Å². The molecule has 2 aromatic carbocycles. The molecule has 0 fully saturated rings. The summed E-state index contributed by atoms with van der Waals surface area (Å²) in [5, 5.41) is 5.21. The van der Waals surface area contributed by atoms with Crippen LogP contribution in [0.25, 0.3) is 0 Å². The van der Waals surface area contributed by atoms with E-state index in [0.717, 1.165) is 5.56 Å². The zero-order valence-electron chi connectivity index (χ0n) is 16.2. The van der Waals surface area contributed by atoms with Crippen molar-refractivity contribution in [3.8, 4) is 0 Å². The molecule has 0 spiro atoms. The lowest BCUT2D eigenvalue weighted by Gasteiger charge is -2.13. The van der Waals surface area contributed by atoms with Crippen molar-refractivity contribution in [2.24, 2.45) is 0 Å². The molecular weight excluding hydrogens is 376 g/mol. The van der Waals surface area contributed by atoms with Crippen molar-refractivity contribution in [1.82, 2.24) is 21.7 Å². The van der Waals surface area contributed by atoms with Crippen molar-refractivity contribution in [1.29, 1.82) is 0 Å². The average molecular weight is 398 g/mol. The summed E-state index contributed by atoms with van der Waals surface area (Å²) in [5.41, 5.74) is 11.6. The summed E-state index contributed by atoms with van der Waals surface area (Å²) in [6, 6.07) is 10.4. The maximum absolute atomic E-state index is 12.2. The molecule has 0 saturated carbocycles. The number of hydrogen-bond acceptors (Lipinski definition) is 5. The smallest absolute Gasteiger partial charge is 0.326 e. The van der Waals surface area contributed by atoms with Gasteiger partial charge in [-0.05, 0) is 42.8 Å². The standard InChI is InChI=1S/C19H22N6O4/c1-11-7-8-15(21-12(2)26)10-16(11)22-19(29)25-24-18(28)14-6-4-5-13(9-14)17(27)23-20-3/h4-10,20H,1-3H3,(H,21,26)(H,23,27)(H,24,28)(H2,22,25,29). The second-order valence-electron chi connectivity index (χ2n) is 6.03. The van der Waals surface area contributed by atoms with Crippen LogP contribution in [0.4, 0.5) is 16.2 Å². The lowest BCUT2D eigenvalue weighted by molar-refractivity contribution is -0.114. The predicted molar refractivity (Wildman–Crippen MR) is 108 cm³/mol. The number of anilines is 2. The molecule has 0 aliphatic carbocycles. The Kier molecular flexibility index (Phi) is 7.26. The van der Waals surface area contributed by atoms with E-state index in [9.17, 15) is 19.2 Å². The Morgan fingerprint density at radius 3 is 2.07 bits per heavy atom. The van der Waals surface area contributed by atoms with Gasteiger partial charge in [0.15, 0.2) is 0 Å². The third-order valence-electron chi connectivity index (χ3n) is 3.72. The molecule has 0 bridgehead atoms. The number of aryl methyl sites for hydroxylation is 1. The summed E-state index contributed by atoms with van der Waals surface area (Å²) in [6.07, 6.45) is 0. The van der Waals surface area contributed by atoms with E-state index < -0.39 is 17.8 Å². The van der Waals surface area contributed by atoms with Gasteiger partial charge in [-0.3, -0.25) is 25.2 Å². The lowest BCUT2D eigenvalue weighted by Crippen LogP contribution is -2.44. The van der Waals surface area contributed by atoms with Crippen LogP contribution in [-0.2, 0) is 4.79 Å². The molecule has 6 N–H and O–H groups in total. The lowest BCUT2D eigenvalue weighted by atomic mass is 10.1. The van der Waals surface area contributed by atoms with E-state index in [-0.39, 0.29) is 17.0 Å². The quantitative estimate of drug-likeness (QED) is 0.421. The summed E-state index contributed by atoms with van der Waals surface area (Å²) < 4.78 is 0. The van der Waals surface area contributed by atoms with Crippen LogP contribution in [0.3, 0.4) is 0 Å². The molecule has 0 saturated heterocycles. The summed E-state index contributed by atoms with van der Waals surface area (Å²) in [7, 11) is 1.55. The molecule has 0 heterocycles. The van der Waals surface area contributed by atoms with E-state index in [4.69, 9.17) is 0 Å². The highest BCUT2D eigenvalue weighted by Crippen LogP contribution is 2.20. The molecule has 10 nitrogen and oxygen atoms in total. The number of carbonyl (C=O) groups excluding carboxylic acids is 4. The number of amides is 5. The molecule has 10 heteroatoms. The summed E-state index contributed by atoms with van der Waals surface area (Å²) >= 11 is 0. The maximum atomic E-state index is 12.2. The fourth-order valence-electron chi connectivity index (χ4n) is 2.36. The Labute approximate surface area is 167 Å². The van der Waals surface area contributed by atoms with Gasteiger partial charge < -0.3 is 10.6 Å². The van der Waals surface area contributed by atoms with E-state index in [1.165, 1.54) is 19.1 Å². The number of carbonyl (C=O) groups is 4. The molecule has 0 aliphatic heterocycles. The monoisotopic (exact) mass is 398 g/mol. The van der Waals surface area contributed by atoms with Gasteiger partial charge in [0.2, 0.25) is 5.91 Å². The number of rotatable bonds is 5. The molecule has 0 radical (unpaired) electrons. The summed E-state index contributed by atoms with van der Waals surface area (Å²) in [6.45, 7) is 3.17. The largest absolute Gasteiger partial charge is 0.337 e. The van der Waals surface area contributed by atoms with Crippen molar-refractivity contribution in [3.05, 3.63) is 59.2 Å². The molecule has 152 valence electrons. The first-order valence-electron chi connectivity index (χ1n) is 8.63. The third-order valence-corrected chi connectivity index (χ3v) is 3.72. The molecular formula is C19H22N6O4. The first-order chi connectivity index (χ1) is 13.8. The average Bonchev–Trinajstić information content (AvgIpc) is 2.68. The fraction of sp³-hybridized carbons (Fsp3) is 0.158. The summed E-state index contributed by atoms with van der Waals surface area (Å²) in [4.78, 5) is 47.3. The Bertz CT molecular complexity index is 944. The topological polar surface area (TPSA) is 140 Å². The molecule has 2 rings (SSSR count). The number of benzene rings is 2. The van der Waals surface area contributed by atoms with Gasteiger partial charge in [-0.1, -0.05) is 12.1 Å². The van der Waals surface area contributed by atoms with Crippen LogP contribution < -0.4 is 32.3 Å². The van der Waals surface area contributed by atoms with Gasteiger partial charge in [-0.25, -0.2) is 15.6 Å². The van der Waals surface area contributed by atoms with Gasteiger partial charge in [0, 0.05) is 36.5 Å². The van der Waals surface area contributed by atoms with Crippen LogP contribution in [0.2, 0.25) is 0 Å². The zero-order chi connectivity index (χ0) is 21.4. The van der Waals surface area contributed by atoms with Gasteiger partial charge in [0.1, 0.15) is 0 Å². The van der Waals surface area contributed by atoms with Crippen LogP contribution in [-0.4, -0.2) is 30.8 Å². The zero-order valence-corrected chi connectivity index (χ0v) is 16.2. The molecule has 0 unspecified atom stereocenters.